The molecule has 8 nitrogen and oxygen atoms in total. The zero-order valence-corrected chi connectivity index (χ0v) is 20.2. The summed E-state index contributed by atoms with van der Waals surface area (Å²) in [4.78, 5) is 40.8. The van der Waals surface area contributed by atoms with Gasteiger partial charge < -0.3 is 20.9 Å². The highest BCUT2D eigenvalue weighted by atomic mass is 35.5. The number of halogens is 2. The number of carbonyl (C=O) groups is 3. The van der Waals surface area contributed by atoms with Gasteiger partial charge in [-0.05, 0) is 36.8 Å². The van der Waals surface area contributed by atoms with E-state index < -0.39 is 23.9 Å². The molecule has 1 aliphatic rings. The van der Waals surface area contributed by atoms with Gasteiger partial charge in [-0.15, -0.1) is 0 Å². The van der Waals surface area contributed by atoms with Crippen LogP contribution in [0.1, 0.15) is 50.5 Å². The van der Waals surface area contributed by atoms with Crippen LogP contribution in [0.25, 0.3) is 10.9 Å². The number of carbonyl (C=O) groups excluding carboxylic acids is 3. The summed E-state index contributed by atoms with van der Waals surface area (Å²) >= 11 is 12.3. The molecule has 1 aliphatic heterocycles. The van der Waals surface area contributed by atoms with Crippen LogP contribution in [0.4, 0.5) is 0 Å². The second-order valence-electron chi connectivity index (χ2n) is 9.50. The van der Waals surface area contributed by atoms with E-state index in [1.165, 1.54) is 0 Å². The van der Waals surface area contributed by atoms with Gasteiger partial charge in [-0.25, -0.2) is 0 Å². The number of hydrogen-bond donors (Lipinski definition) is 4. The minimum atomic E-state index is -0.878. The van der Waals surface area contributed by atoms with Crippen molar-refractivity contribution in [2.24, 2.45) is 11.3 Å². The Labute approximate surface area is 202 Å². The molecule has 0 saturated carbocycles. The van der Waals surface area contributed by atoms with E-state index in [9.17, 15) is 19.6 Å². The number of nitrogens with one attached hydrogen (secondary N) is 4. The molecule has 0 bridgehead atoms. The molecule has 0 spiro atoms. The van der Waals surface area contributed by atoms with E-state index >= 15 is 0 Å². The van der Waals surface area contributed by atoms with E-state index in [1.54, 1.807) is 18.2 Å². The van der Waals surface area contributed by atoms with Gasteiger partial charge in [0.15, 0.2) is 0 Å². The minimum absolute atomic E-state index is 0.110. The number of benzene rings is 1. The molecule has 3 atom stereocenters. The van der Waals surface area contributed by atoms with Gasteiger partial charge in [-0.2, -0.15) is 5.26 Å². The number of rotatable bonds is 7. The molecular weight excluding hydrogens is 465 g/mol. The third-order valence-electron chi connectivity index (χ3n) is 5.52. The molecule has 2 heterocycles. The zero-order valence-electron chi connectivity index (χ0n) is 18.7. The van der Waals surface area contributed by atoms with Crippen molar-refractivity contribution in [1.29, 1.82) is 5.26 Å². The average molecular weight is 492 g/mol. The number of fused-ring (bicyclic) bond motifs is 1. The van der Waals surface area contributed by atoms with Gasteiger partial charge >= 0.3 is 0 Å². The summed E-state index contributed by atoms with van der Waals surface area (Å²) in [6, 6.07) is 5.36. The van der Waals surface area contributed by atoms with Crippen LogP contribution in [0.3, 0.4) is 0 Å². The highest BCUT2D eigenvalue weighted by molar-refractivity contribution is 6.45. The van der Waals surface area contributed by atoms with E-state index in [0.29, 0.717) is 40.3 Å². The maximum absolute atomic E-state index is 13.1. The summed E-state index contributed by atoms with van der Waals surface area (Å²) in [5, 5.41) is 19.1. The number of aromatic amines is 1. The molecular formula is C23H27Cl2N5O3. The zero-order chi connectivity index (χ0) is 24.3. The fraction of sp³-hybridized carbons (Fsp3) is 0.478. The van der Waals surface area contributed by atoms with Gasteiger partial charge in [0, 0.05) is 17.8 Å². The van der Waals surface area contributed by atoms with Crippen LogP contribution in [0.5, 0.6) is 0 Å². The van der Waals surface area contributed by atoms with Crippen molar-refractivity contribution in [2.75, 3.05) is 6.54 Å². The number of hydrogen-bond acceptors (Lipinski definition) is 4. The first-order chi connectivity index (χ1) is 15.5. The van der Waals surface area contributed by atoms with Crippen molar-refractivity contribution < 1.29 is 14.4 Å². The van der Waals surface area contributed by atoms with Crippen molar-refractivity contribution in [2.45, 2.75) is 52.1 Å². The average Bonchev–Trinajstić information content (AvgIpc) is 3.35. The normalized spacial score (nSPS) is 17.8. The lowest BCUT2D eigenvalue weighted by atomic mass is 9.87. The monoisotopic (exact) mass is 491 g/mol. The summed E-state index contributed by atoms with van der Waals surface area (Å²) < 4.78 is 0. The van der Waals surface area contributed by atoms with Crippen LogP contribution in [-0.2, 0) is 9.59 Å². The van der Waals surface area contributed by atoms with Crippen LogP contribution in [0, 0.1) is 22.7 Å². The van der Waals surface area contributed by atoms with E-state index in [0.717, 1.165) is 0 Å². The lowest BCUT2D eigenvalue weighted by molar-refractivity contribution is -0.125. The third kappa shape index (κ3) is 6.18. The fourth-order valence-corrected chi connectivity index (χ4v) is 4.27. The van der Waals surface area contributed by atoms with Gasteiger partial charge in [-0.3, -0.25) is 14.4 Å². The number of nitriles is 1. The first-order valence-corrected chi connectivity index (χ1v) is 11.5. The Balaban J connectivity index is 1.75. The molecule has 33 heavy (non-hydrogen) atoms. The Bertz CT molecular complexity index is 1120. The van der Waals surface area contributed by atoms with Crippen LogP contribution in [0.15, 0.2) is 18.2 Å². The predicted molar refractivity (Wildman–Crippen MR) is 127 cm³/mol. The molecule has 1 aromatic heterocycles. The van der Waals surface area contributed by atoms with Gasteiger partial charge in [0.2, 0.25) is 11.8 Å². The molecule has 2 unspecified atom stereocenters. The van der Waals surface area contributed by atoms with Crippen molar-refractivity contribution in [3.63, 3.8) is 0 Å². The van der Waals surface area contributed by atoms with E-state index in [4.69, 9.17) is 23.2 Å². The van der Waals surface area contributed by atoms with Crippen LogP contribution in [-0.4, -0.2) is 41.3 Å². The molecule has 1 saturated heterocycles. The topological polar surface area (TPSA) is 127 Å². The Hall–Kier alpha value is -2.76. The number of aromatic nitrogens is 1. The smallest absolute Gasteiger partial charge is 0.268 e. The fourth-order valence-electron chi connectivity index (χ4n) is 3.89. The lowest BCUT2D eigenvalue weighted by Crippen LogP contribution is -2.51. The number of nitrogens with zero attached hydrogens (tertiary/aromatic N) is 1. The molecule has 1 fully saturated rings. The molecule has 2 aromatic rings. The van der Waals surface area contributed by atoms with Crippen molar-refractivity contribution >= 4 is 51.8 Å². The van der Waals surface area contributed by atoms with E-state index in [-0.39, 0.29) is 29.4 Å². The summed E-state index contributed by atoms with van der Waals surface area (Å²) in [6.45, 7) is 6.43. The maximum Gasteiger partial charge on any atom is 0.268 e. The van der Waals surface area contributed by atoms with Gasteiger partial charge in [0.05, 0.1) is 21.6 Å². The Morgan fingerprint density at radius 1 is 1.27 bits per heavy atom. The van der Waals surface area contributed by atoms with Crippen LogP contribution >= 0.6 is 23.2 Å². The Morgan fingerprint density at radius 2 is 2.00 bits per heavy atom. The largest absolute Gasteiger partial charge is 0.356 e. The highest BCUT2D eigenvalue weighted by Gasteiger charge is 2.32. The predicted octanol–water partition coefficient (Wildman–Crippen LogP) is 3.54. The molecule has 176 valence electrons. The molecule has 3 amide bonds. The van der Waals surface area contributed by atoms with E-state index in [1.807, 2.05) is 20.8 Å². The second kappa shape index (κ2) is 10.0. The summed E-state index contributed by atoms with van der Waals surface area (Å²) in [7, 11) is 0. The molecule has 10 heteroatoms. The molecule has 1 aromatic carbocycles. The SMILES string of the molecule is CC(C)(C)C[C@H](NC(=O)c1cc2ccc(Cl)c(Cl)c2[nH]1)C(=O)NC(C#N)CC1CCNC1=O. The second-order valence-corrected chi connectivity index (χ2v) is 10.3. The highest BCUT2D eigenvalue weighted by Crippen LogP contribution is 2.31. The van der Waals surface area contributed by atoms with E-state index in [2.05, 4.69) is 27.0 Å². The molecule has 4 N–H and O–H groups in total. The molecule has 0 aliphatic carbocycles. The van der Waals surface area contributed by atoms with Crippen LogP contribution in [0.2, 0.25) is 10.0 Å². The Morgan fingerprint density at radius 3 is 2.61 bits per heavy atom. The summed E-state index contributed by atoms with van der Waals surface area (Å²) in [6.07, 6.45) is 1.20. The molecule has 3 rings (SSSR count). The van der Waals surface area contributed by atoms with Crippen molar-refractivity contribution in [1.82, 2.24) is 20.9 Å². The summed E-state index contributed by atoms with van der Waals surface area (Å²) in [5.41, 5.74) is 0.492. The van der Waals surface area contributed by atoms with Crippen molar-refractivity contribution in [3.8, 4) is 6.07 Å². The van der Waals surface area contributed by atoms with Crippen LogP contribution < -0.4 is 16.0 Å². The Kier molecular flexibility index (Phi) is 7.55. The minimum Gasteiger partial charge on any atom is -0.356 e. The van der Waals surface area contributed by atoms with Crippen molar-refractivity contribution in [3.05, 3.63) is 33.9 Å². The van der Waals surface area contributed by atoms with Gasteiger partial charge in [-0.1, -0.05) is 50.0 Å². The maximum atomic E-state index is 13.1. The lowest BCUT2D eigenvalue weighted by Gasteiger charge is -2.27. The number of amides is 3. The first-order valence-electron chi connectivity index (χ1n) is 10.7. The third-order valence-corrected chi connectivity index (χ3v) is 6.33. The summed E-state index contributed by atoms with van der Waals surface area (Å²) in [5.74, 6) is -1.37. The van der Waals surface area contributed by atoms with Gasteiger partial charge in [0.1, 0.15) is 17.8 Å². The standard InChI is InChI=1S/C23H27Cl2N5O3/c1-23(2,3)10-17(22(33)28-14(11-26)8-13-6-7-27-20(13)31)30-21(32)16-9-12-4-5-15(24)18(25)19(12)29-16/h4-5,9,13-14,17,29H,6-8,10H2,1-3H3,(H,27,31)(H,28,33)(H,30,32)/t13?,14?,17-/m0/s1. The number of H-pyrrole nitrogens is 1. The molecule has 0 radical (unpaired) electrons. The van der Waals surface area contributed by atoms with Gasteiger partial charge in [0.25, 0.3) is 5.91 Å². The quantitative estimate of drug-likeness (QED) is 0.472. The first kappa shape index (κ1) is 24.9.